The number of hydrogen-bond donors (Lipinski definition) is 1. The molecule has 0 saturated heterocycles. The first-order chi connectivity index (χ1) is 8.72. The Morgan fingerprint density at radius 1 is 1.50 bits per heavy atom. The van der Waals surface area contributed by atoms with E-state index in [4.69, 9.17) is 5.26 Å². The first kappa shape index (κ1) is 12.5. The molecule has 0 aliphatic heterocycles. The van der Waals surface area contributed by atoms with Crippen molar-refractivity contribution in [2.45, 2.75) is 19.9 Å². The number of nitrogens with one attached hydrogen (secondary N) is 1. The fourth-order valence-corrected chi connectivity index (χ4v) is 2.05. The highest BCUT2D eigenvalue weighted by Gasteiger charge is 2.05. The van der Waals surface area contributed by atoms with E-state index in [-0.39, 0.29) is 5.82 Å². The number of rotatable bonds is 4. The van der Waals surface area contributed by atoms with E-state index in [9.17, 15) is 4.39 Å². The van der Waals surface area contributed by atoms with Gasteiger partial charge >= 0.3 is 0 Å². The standard InChI is InChI=1S/C12H11FN4S/c1-2-11-16-12(18-17-11)15-7-9-4-3-8(6-14)5-10(9)13/h3-5H,2,7H2,1H3,(H,15,16,17). The molecule has 0 unspecified atom stereocenters. The number of aromatic nitrogens is 2. The SMILES string of the molecule is CCc1nsc(NCc2ccc(C#N)cc2F)n1. The van der Waals surface area contributed by atoms with Gasteiger partial charge in [0, 0.05) is 30.1 Å². The van der Waals surface area contributed by atoms with Crippen LogP contribution < -0.4 is 5.32 Å². The molecule has 1 N–H and O–H groups in total. The molecule has 0 spiro atoms. The van der Waals surface area contributed by atoms with Gasteiger partial charge in [-0.05, 0) is 12.1 Å². The fraction of sp³-hybridized carbons (Fsp3) is 0.250. The van der Waals surface area contributed by atoms with Crippen LogP contribution in [0.2, 0.25) is 0 Å². The Kier molecular flexibility index (Phi) is 3.85. The van der Waals surface area contributed by atoms with Crippen LogP contribution >= 0.6 is 11.5 Å². The van der Waals surface area contributed by atoms with Gasteiger partial charge in [-0.3, -0.25) is 0 Å². The van der Waals surface area contributed by atoms with E-state index in [0.29, 0.717) is 22.8 Å². The van der Waals surface area contributed by atoms with E-state index >= 15 is 0 Å². The summed E-state index contributed by atoms with van der Waals surface area (Å²) in [6.45, 7) is 2.31. The molecule has 1 aromatic heterocycles. The molecular weight excluding hydrogens is 251 g/mol. The fourth-order valence-electron chi connectivity index (χ4n) is 1.40. The van der Waals surface area contributed by atoms with Crippen molar-refractivity contribution in [3.8, 4) is 6.07 Å². The van der Waals surface area contributed by atoms with Crippen LogP contribution in [0.4, 0.5) is 9.52 Å². The lowest BCUT2D eigenvalue weighted by atomic mass is 10.1. The van der Waals surface area contributed by atoms with Crippen molar-refractivity contribution in [2.75, 3.05) is 5.32 Å². The second kappa shape index (κ2) is 5.56. The van der Waals surface area contributed by atoms with Crippen LogP contribution in [0.25, 0.3) is 0 Å². The molecule has 0 atom stereocenters. The van der Waals surface area contributed by atoms with Crippen LogP contribution in [0.15, 0.2) is 18.2 Å². The van der Waals surface area contributed by atoms with Crippen molar-refractivity contribution >= 4 is 16.7 Å². The molecule has 0 bridgehead atoms. The maximum absolute atomic E-state index is 13.6. The monoisotopic (exact) mass is 262 g/mol. The first-order valence-corrected chi connectivity index (χ1v) is 6.25. The highest BCUT2D eigenvalue weighted by atomic mass is 32.1. The Hall–Kier alpha value is -2.00. The lowest BCUT2D eigenvalue weighted by Gasteiger charge is -2.04. The second-order valence-electron chi connectivity index (χ2n) is 3.64. The Bertz CT molecular complexity index is 588. The normalized spacial score (nSPS) is 10.1. The summed E-state index contributed by atoms with van der Waals surface area (Å²) in [6.07, 6.45) is 0.781. The molecule has 0 fully saturated rings. The zero-order valence-corrected chi connectivity index (χ0v) is 10.6. The second-order valence-corrected chi connectivity index (χ2v) is 4.39. The molecule has 6 heteroatoms. The summed E-state index contributed by atoms with van der Waals surface area (Å²) < 4.78 is 17.7. The van der Waals surface area contributed by atoms with Gasteiger partial charge < -0.3 is 5.32 Å². The molecule has 1 heterocycles. The predicted molar refractivity (Wildman–Crippen MR) is 67.7 cm³/mol. The molecule has 0 saturated carbocycles. The van der Waals surface area contributed by atoms with Crippen LogP contribution in [0.5, 0.6) is 0 Å². The van der Waals surface area contributed by atoms with Crippen molar-refractivity contribution in [1.82, 2.24) is 9.36 Å². The average molecular weight is 262 g/mol. The van der Waals surface area contributed by atoms with Gasteiger partial charge in [-0.1, -0.05) is 13.0 Å². The van der Waals surface area contributed by atoms with Gasteiger partial charge in [0.2, 0.25) is 5.13 Å². The highest BCUT2D eigenvalue weighted by Crippen LogP contribution is 2.15. The predicted octanol–water partition coefficient (Wildman–Crippen LogP) is 2.72. The number of hydrogen-bond acceptors (Lipinski definition) is 5. The molecular formula is C12H11FN4S. The lowest BCUT2D eigenvalue weighted by Crippen LogP contribution is -2.02. The summed E-state index contributed by atoms with van der Waals surface area (Å²) in [5, 5.41) is 12.3. The van der Waals surface area contributed by atoms with Gasteiger partial charge in [0.25, 0.3) is 0 Å². The molecule has 1 aromatic carbocycles. The van der Waals surface area contributed by atoms with Crippen molar-refractivity contribution < 1.29 is 4.39 Å². The van der Waals surface area contributed by atoms with Crippen LogP contribution in [0.3, 0.4) is 0 Å². The minimum Gasteiger partial charge on any atom is -0.356 e. The molecule has 0 aliphatic rings. The van der Waals surface area contributed by atoms with Crippen molar-refractivity contribution in [1.29, 1.82) is 5.26 Å². The third-order valence-corrected chi connectivity index (χ3v) is 3.11. The van der Waals surface area contributed by atoms with E-state index < -0.39 is 0 Å². The van der Waals surface area contributed by atoms with Crippen LogP contribution in [0.1, 0.15) is 23.9 Å². The number of nitriles is 1. The zero-order valence-electron chi connectivity index (χ0n) is 9.77. The van der Waals surface area contributed by atoms with Gasteiger partial charge in [-0.2, -0.15) is 9.64 Å². The summed E-state index contributed by atoms with van der Waals surface area (Å²) in [7, 11) is 0. The van der Waals surface area contributed by atoms with E-state index in [1.165, 1.54) is 17.6 Å². The van der Waals surface area contributed by atoms with Crippen molar-refractivity contribution in [2.24, 2.45) is 0 Å². The van der Waals surface area contributed by atoms with Gasteiger partial charge in [0.15, 0.2) is 0 Å². The summed E-state index contributed by atoms with van der Waals surface area (Å²) in [6, 6.07) is 6.32. The van der Waals surface area contributed by atoms with Crippen LogP contribution in [0, 0.1) is 17.1 Å². The topological polar surface area (TPSA) is 61.6 Å². The minimum absolute atomic E-state index is 0.320. The molecule has 0 aliphatic carbocycles. The Balaban J connectivity index is 2.04. The van der Waals surface area contributed by atoms with Crippen molar-refractivity contribution in [3.05, 3.63) is 41.0 Å². The number of aryl methyl sites for hydroxylation is 1. The minimum atomic E-state index is -0.387. The molecule has 2 aromatic rings. The summed E-state index contributed by atoms with van der Waals surface area (Å²) in [4.78, 5) is 4.23. The number of nitrogens with zero attached hydrogens (tertiary/aromatic N) is 3. The molecule has 18 heavy (non-hydrogen) atoms. The number of halogens is 1. The Labute approximate surface area is 108 Å². The summed E-state index contributed by atoms with van der Waals surface area (Å²) >= 11 is 1.26. The molecule has 92 valence electrons. The van der Waals surface area contributed by atoms with Gasteiger partial charge in [0.1, 0.15) is 11.6 Å². The number of benzene rings is 1. The van der Waals surface area contributed by atoms with E-state index in [2.05, 4.69) is 14.7 Å². The maximum Gasteiger partial charge on any atom is 0.202 e. The van der Waals surface area contributed by atoms with E-state index in [0.717, 1.165) is 12.2 Å². The van der Waals surface area contributed by atoms with E-state index in [1.807, 2.05) is 13.0 Å². The first-order valence-electron chi connectivity index (χ1n) is 5.48. The Morgan fingerprint density at radius 3 is 2.94 bits per heavy atom. The number of anilines is 1. The van der Waals surface area contributed by atoms with Gasteiger partial charge in [-0.25, -0.2) is 9.37 Å². The molecule has 0 radical (unpaired) electrons. The van der Waals surface area contributed by atoms with Crippen LogP contribution in [-0.2, 0) is 13.0 Å². The maximum atomic E-state index is 13.6. The van der Waals surface area contributed by atoms with Crippen molar-refractivity contribution in [3.63, 3.8) is 0 Å². The largest absolute Gasteiger partial charge is 0.356 e. The Morgan fingerprint density at radius 2 is 2.33 bits per heavy atom. The smallest absolute Gasteiger partial charge is 0.202 e. The lowest BCUT2D eigenvalue weighted by molar-refractivity contribution is 0.612. The highest BCUT2D eigenvalue weighted by molar-refractivity contribution is 7.09. The van der Waals surface area contributed by atoms with Gasteiger partial charge in [0.05, 0.1) is 11.6 Å². The average Bonchev–Trinajstić information content (AvgIpc) is 2.85. The summed E-state index contributed by atoms with van der Waals surface area (Å²) in [5.74, 6) is 0.393. The zero-order chi connectivity index (χ0) is 13.0. The van der Waals surface area contributed by atoms with Gasteiger partial charge in [-0.15, -0.1) is 0 Å². The summed E-state index contributed by atoms with van der Waals surface area (Å²) in [5.41, 5.74) is 0.822. The quantitative estimate of drug-likeness (QED) is 0.920. The third-order valence-electron chi connectivity index (χ3n) is 2.40. The third kappa shape index (κ3) is 2.81. The van der Waals surface area contributed by atoms with Crippen LogP contribution in [-0.4, -0.2) is 9.36 Å². The molecule has 4 nitrogen and oxygen atoms in total. The molecule has 0 amide bonds. The van der Waals surface area contributed by atoms with E-state index in [1.54, 1.807) is 12.1 Å². The molecule has 2 rings (SSSR count).